The third-order valence-corrected chi connectivity index (χ3v) is 6.08. The number of hydrogen-bond donors (Lipinski definition) is 2. The van der Waals surface area contributed by atoms with Crippen LogP contribution in [0.15, 0.2) is 29.4 Å². The summed E-state index contributed by atoms with van der Waals surface area (Å²) in [7, 11) is 0. The summed E-state index contributed by atoms with van der Waals surface area (Å²) in [5.74, 6) is 0.589. The van der Waals surface area contributed by atoms with E-state index in [0.717, 1.165) is 11.3 Å². The largest absolute Gasteiger partial charge is 0.410 e. The smallest absolute Gasteiger partial charge is 0.273 e. The highest BCUT2D eigenvalue weighted by molar-refractivity contribution is 6.37. The molecule has 174 valence electrons. The molecule has 33 heavy (non-hydrogen) atoms. The van der Waals surface area contributed by atoms with E-state index in [1.165, 1.54) is 6.92 Å². The Hall–Kier alpha value is -3.40. The fourth-order valence-electron chi connectivity index (χ4n) is 3.89. The van der Waals surface area contributed by atoms with Crippen LogP contribution in [0.4, 0.5) is 17.5 Å². The Morgan fingerprint density at radius 2 is 1.82 bits per heavy atom. The highest BCUT2D eigenvalue weighted by atomic mass is 35.5. The molecule has 1 aromatic carbocycles. The van der Waals surface area contributed by atoms with Crippen molar-refractivity contribution in [3.8, 4) is 0 Å². The topological polar surface area (TPSA) is 114 Å². The van der Waals surface area contributed by atoms with Crippen molar-refractivity contribution in [3.05, 3.63) is 40.5 Å². The van der Waals surface area contributed by atoms with Gasteiger partial charge < -0.3 is 25.2 Å². The Kier molecular flexibility index (Phi) is 6.37. The van der Waals surface area contributed by atoms with E-state index >= 15 is 0 Å². The van der Waals surface area contributed by atoms with Crippen molar-refractivity contribution in [1.29, 1.82) is 0 Å². The molecule has 0 atom stereocenters. The van der Waals surface area contributed by atoms with Crippen LogP contribution < -0.4 is 10.2 Å². The van der Waals surface area contributed by atoms with Gasteiger partial charge in [0.2, 0.25) is 5.95 Å². The average molecular weight is 472 g/mol. The first-order valence-corrected chi connectivity index (χ1v) is 11.1. The van der Waals surface area contributed by atoms with Crippen LogP contribution in [-0.4, -0.2) is 74.7 Å². The lowest BCUT2D eigenvalue weighted by Crippen LogP contribution is -2.50. The number of aromatic nitrogens is 2. The van der Waals surface area contributed by atoms with Gasteiger partial charge in [-0.3, -0.25) is 9.59 Å². The standard InChI is InChI=1S/C22H26ClN7O3/c1-13(2)30-12-17-18(21(30)32)25-22(26-19(17)24-16-6-4-15(23)5-7-16)29-10-8-28(9-11-29)20(31)14(3)27-33/h4-7,13,33H,8-12H2,1-3H3,(H,24,25,26)/b27-14-. The number of fused-ring (bicyclic) bond motifs is 1. The van der Waals surface area contributed by atoms with Crippen molar-refractivity contribution < 1.29 is 14.8 Å². The molecule has 11 heteroatoms. The van der Waals surface area contributed by atoms with Gasteiger partial charge in [-0.25, -0.2) is 4.98 Å². The maximum absolute atomic E-state index is 13.1. The number of halogens is 1. The van der Waals surface area contributed by atoms with Crippen molar-refractivity contribution in [2.75, 3.05) is 36.4 Å². The highest BCUT2D eigenvalue weighted by Crippen LogP contribution is 2.32. The fourth-order valence-corrected chi connectivity index (χ4v) is 4.02. The number of piperazine rings is 1. The lowest BCUT2D eigenvalue weighted by Gasteiger charge is -2.34. The van der Waals surface area contributed by atoms with Crippen LogP contribution in [0.2, 0.25) is 5.02 Å². The molecule has 10 nitrogen and oxygen atoms in total. The van der Waals surface area contributed by atoms with E-state index in [1.54, 1.807) is 21.9 Å². The van der Waals surface area contributed by atoms with Crippen LogP contribution in [0.3, 0.4) is 0 Å². The summed E-state index contributed by atoms with van der Waals surface area (Å²) < 4.78 is 0. The number of carbonyl (C=O) groups excluding carboxylic acids is 2. The van der Waals surface area contributed by atoms with Gasteiger partial charge in [-0.05, 0) is 45.0 Å². The summed E-state index contributed by atoms with van der Waals surface area (Å²) in [4.78, 5) is 40.0. The van der Waals surface area contributed by atoms with E-state index < -0.39 is 0 Å². The molecule has 0 saturated carbocycles. The van der Waals surface area contributed by atoms with Gasteiger partial charge in [0.1, 0.15) is 17.2 Å². The lowest BCUT2D eigenvalue weighted by atomic mass is 10.2. The Morgan fingerprint density at radius 1 is 1.15 bits per heavy atom. The molecule has 4 rings (SSSR count). The number of nitrogens with one attached hydrogen (secondary N) is 1. The van der Waals surface area contributed by atoms with Gasteiger partial charge in [0.25, 0.3) is 11.8 Å². The molecule has 1 aromatic heterocycles. The van der Waals surface area contributed by atoms with Gasteiger partial charge >= 0.3 is 0 Å². The minimum atomic E-state index is -0.306. The van der Waals surface area contributed by atoms with E-state index in [4.69, 9.17) is 21.8 Å². The molecule has 3 heterocycles. The lowest BCUT2D eigenvalue weighted by molar-refractivity contribution is -0.124. The second-order valence-electron chi connectivity index (χ2n) is 8.32. The van der Waals surface area contributed by atoms with E-state index in [0.29, 0.717) is 55.2 Å². The average Bonchev–Trinajstić information content (AvgIpc) is 3.16. The Balaban J connectivity index is 1.62. The number of anilines is 3. The van der Waals surface area contributed by atoms with E-state index in [2.05, 4.69) is 15.5 Å². The van der Waals surface area contributed by atoms with Crippen LogP contribution in [0.25, 0.3) is 0 Å². The number of benzene rings is 1. The van der Waals surface area contributed by atoms with Crippen molar-refractivity contribution in [2.24, 2.45) is 5.16 Å². The maximum atomic E-state index is 13.1. The van der Waals surface area contributed by atoms with Crippen LogP contribution in [0, 0.1) is 0 Å². The molecular formula is C22H26ClN7O3. The summed E-state index contributed by atoms with van der Waals surface area (Å²) in [5, 5.41) is 15.8. The Bertz CT molecular complexity index is 1100. The van der Waals surface area contributed by atoms with Gasteiger partial charge in [-0.1, -0.05) is 16.8 Å². The second-order valence-corrected chi connectivity index (χ2v) is 8.76. The van der Waals surface area contributed by atoms with E-state index in [-0.39, 0.29) is 23.6 Å². The summed E-state index contributed by atoms with van der Waals surface area (Å²) in [5.41, 5.74) is 2.00. The van der Waals surface area contributed by atoms with E-state index in [9.17, 15) is 9.59 Å². The molecule has 0 unspecified atom stereocenters. The van der Waals surface area contributed by atoms with Crippen molar-refractivity contribution in [1.82, 2.24) is 19.8 Å². The third-order valence-electron chi connectivity index (χ3n) is 5.83. The van der Waals surface area contributed by atoms with Gasteiger partial charge in [-0.15, -0.1) is 0 Å². The first-order valence-electron chi connectivity index (χ1n) is 10.8. The Labute approximate surface area is 196 Å². The van der Waals surface area contributed by atoms with Crippen LogP contribution in [-0.2, 0) is 11.3 Å². The number of nitrogens with zero attached hydrogens (tertiary/aromatic N) is 6. The van der Waals surface area contributed by atoms with Crippen molar-refractivity contribution in [2.45, 2.75) is 33.4 Å². The van der Waals surface area contributed by atoms with Crippen LogP contribution in [0.1, 0.15) is 36.8 Å². The van der Waals surface area contributed by atoms with Gasteiger partial charge in [-0.2, -0.15) is 4.98 Å². The van der Waals surface area contributed by atoms with Crippen molar-refractivity contribution >= 4 is 46.6 Å². The minimum absolute atomic E-state index is 0.0320. The van der Waals surface area contributed by atoms with E-state index in [1.807, 2.05) is 30.9 Å². The van der Waals surface area contributed by atoms with Gasteiger partial charge in [0.15, 0.2) is 0 Å². The zero-order valence-corrected chi connectivity index (χ0v) is 19.5. The molecule has 0 radical (unpaired) electrons. The summed E-state index contributed by atoms with van der Waals surface area (Å²) in [6.07, 6.45) is 0. The molecule has 1 saturated heterocycles. The SMILES string of the molecule is C/C(=N/O)C(=O)N1CCN(c2nc(Nc3ccc(Cl)cc3)c3c(n2)C(=O)N(C(C)C)C3)CC1. The highest BCUT2D eigenvalue weighted by Gasteiger charge is 2.35. The molecule has 2 aliphatic rings. The molecular weight excluding hydrogens is 446 g/mol. The van der Waals surface area contributed by atoms with Gasteiger partial charge in [0, 0.05) is 48.5 Å². The maximum Gasteiger partial charge on any atom is 0.273 e. The second kappa shape index (κ2) is 9.22. The number of hydrogen-bond acceptors (Lipinski definition) is 8. The zero-order valence-electron chi connectivity index (χ0n) is 18.7. The zero-order chi connectivity index (χ0) is 23.7. The van der Waals surface area contributed by atoms with Gasteiger partial charge in [0.05, 0.1) is 6.54 Å². The molecule has 0 bridgehead atoms. The first-order chi connectivity index (χ1) is 15.8. The molecule has 2 aromatic rings. The quantitative estimate of drug-likeness (QED) is 0.391. The number of oxime groups is 1. The monoisotopic (exact) mass is 471 g/mol. The number of carbonyl (C=O) groups is 2. The fraction of sp³-hybridized carbons (Fsp3) is 0.409. The normalized spacial score (nSPS) is 16.5. The minimum Gasteiger partial charge on any atom is -0.410 e. The molecule has 2 N–H and O–H groups in total. The number of amides is 2. The van der Waals surface area contributed by atoms with Crippen molar-refractivity contribution in [3.63, 3.8) is 0 Å². The van der Waals surface area contributed by atoms with Crippen LogP contribution in [0.5, 0.6) is 0 Å². The summed E-state index contributed by atoms with van der Waals surface area (Å²) in [6, 6.07) is 7.30. The summed E-state index contributed by atoms with van der Waals surface area (Å²) >= 11 is 6.01. The molecule has 1 fully saturated rings. The third kappa shape index (κ3) is 4.56. The van der Waals surface area contributed by atoms with Crippen LogP contribution >= 0.6 is 11.6 Å². The summed E-state index contributed by atoms with van der Waals surface area (Å²) in [6.45, 7) is 7.69. The number of rotatable bonds is 5. The molecule has 0 spiro atoms. The Morgan fingerprint density at radius 3 is 2.42 bits per heavy atom. The predicted octanol–water partition coefficient (Wildman–Crippen LogP) is 2.74. The molecule has 2 amide bonds. The molecule has 0 aliphatic carbocycles. The predicted molar refractivity (Wildman–Crippen MR) is 125 cm³/mol. The first kappa shape index (κ1) is 22.8. The molecule has 2 aliphatic heterocycles.